The molecule has 0 saturated heterocycles. The summed E-state index contributed by atoms with van der Waals surface area (Å²) >= 11 is 1.27. The summed E-state index contributed by atoms with van der Waals surface area (Å²) < 4.78 is 0. The van der Waals surface area contributed by atoms with E-state index in [2.05, 4.69) is 15.0 Å². The third-order valence-electron chi connectivity index (χ3n) is 3.05. The van der Waals surface area contributed by atoms with Gasteiger partial charge in [0.2, 0.25) is 0 Å². The van der Waals surface area contributed by atoms with Gasteiger partial charge < -0.3 is 10.6 Å². The molecule has 3 aromatic rings. The van der Waals surface area contributed by atoms with Crippen molar-refractivity contribution in [3.05, 3.63) is 47.4 Å². The van der Waals surface area contributed by atoms with Crippen molar-refractivity contribution in [2.75, 3.05) is 12.8 Å². The summed E-state index contributed by atoms with van der Waals surface area (Å²) in [5.41, 5.74) is 7.96. The number of nitrogen functional groups attached to an aromatic ring is 1. The Labute approximate surface area is 125 Å². The minimum Gasteiger partial charge on any atom is -0.396 e. The van der Waals surface area contributed by atoms with Gasteiger partial charge in [-0.05, 0) is 11.6 Å². The minimum absolute atomic E-state index is 0.138. The van der Waals surface area contributed by atoms with Crippen molar-refractivity contribution in [2.24, 2.45) is 0 Å². The van der Waals surface area contributed by atoms with E-state index >= 15 is 0 Å². The molecule has 0 spiro atoms. The molecular formula is C14H13N5OS. The monoisotopic (exact) mass is 299 g/mol. The van der Waals surface area contributed by atoms with E-state index in [4.69, 9.17) is 5.73 Å². The maximum atomic E-state index is 12.5. The third kappa shape index (κ3) is 2.55. The molecule has 0 saturated carbocycles. The van der Waals surface area contributed by atoms with Gasteiger partial charge in [-0.15, -0.1) is 11.3 Å². The molecule has 0 fully saturated rings. The maximum Gasteiger partial charge on any atom is 0.266 e. The van der Waals surface area contributed by atoms with E-state index in [0.29, 0.717) is 27.5 Å². The van der Waals surface area contributed by atoms with Crippen LogP contribution in [0.25, 0.3) is 10.3 Å². The summed E-state index contributed by atoms with van der Waals surface area (Å²) in [6, 6.07) is 3.77. The van der Waals surface area contributed by atoms with E-state index in [1.54, 1.807) is 36.7 Å². The van der Waals surface area contributed by atoms with Crippen molar-refractivity contribution in [1.82, 2.24) is 19.9 Å². The quantitative estimate of drug-likeness (QED) is 0.799. The fraction of sp³-hybridized carbons (Fsp3) is 0.143. The number of aromatic nitrogens is 3. The first kappa shape index (κ1) is 13.4. The van der Waals surface area contributed by atoms with Gasteiger partial charge in [-0.1, -0.05) is 6.07 Å². The van der Waals surface area contributed by atoms with E-state index in [1.165, 1.54) is 11.3 Å². The highest BCUT2D eigenvalue weighted by Crippen LogP contribution is 2.31. The van der Waals surface area contributed by atoms with Crippen LogP contribution in [-0.4, -0.2) is 32.8 Å². The first-order valence-electron chi connectivity index (χ1n) is 6.30. The van der Waals surface area contributed by atoms with Gasteiger partial charge in [-0.2, -0.15) is 0 Å². The van der Waals surface area contributed by atoms with Crippen LogP contribution in [0.1, 0.15) is 15.2 Å². The van der Waals surface area contributed by atoms with E-state index in [-0.39, 0.29) is 5.91 Å². The van der Waals surface area contributed by atoms with Crippen LogP contribution in [0.2, 0.25) is 0 Å². The maximum absolute atomic E-state index is 12.5. The fourth-order valence-electron chi connectivity index (χ4n) is 2.01. The van der Waals surface area contributed by atoms with Gasteiger partial charge in [0, 0.05) is 38.4 Å². The molecule has 1 amide bonds. The average Bonchev–Trinajstić information content (AvgIpc) is 2.85. The molecule has 6 nitrogen and oxygen atoms in total. The van der Waals surface area contributed by atoms with Gasteiger partial charge >= 0.3 is 0 Å². The van der Waals surface area contributed by atoms with E-state index in [1.807, 2.05) is 12.1 Å². The summed E-state index contributed by atoms with van der Waals surface area (Å²) in [5, 5.41) is 0. The lowest BCUT2D eigenvalue weighted by Crippen LogP contribution is -2.26. The highest BCUT2D eigenvalue weighted by Gasteiger charge is 2.21. The second kappa shape index (κ2) is 5.45. The zero-order chi connectivity index (χ0) is 14.8. The molecule has 0 unspecified atom stereocenters. The van der Waals surface area contributed by atoms with Crippen molar-refractivity contribution in [1.29, 1.82) is 0 Å². The normalized spacial score (nSPS) is 10.7. The van der Waals surface area contributed by atoms with Crippen molar-refractivity contribution in [3.8, 4) is 0 Å². The molecule has 3 aromatic heterocycles. The Hall–Kier alpha value is -2.54. The molecule has 0 bridgehead atoms. The lowest BCUT2D eigenvalue weighted by molar-refractivity contribution is 0.0791. The Morgan fingerprint density at radius 3 is 2.86 bits per heavy atom. The summed E-state index contributed by atoms with van der Waals surface area (Å²) in [7, 11) is 1.74. The Bertz CT molecular complexity index is 786. The van der Waals surface area contributed by atoms with Gasteiger partial charge in [0.1, 0.15) is 15.2 Å². The Balaban J connectivity index is 1.88. The van der Waals surface area contributed by atoms with Crippen LogP contribution in [0, 0.1) is 0 Å². The van der Waals surface area contributed by atoms with Gasteiger partial charge in [0.25, 0.3) is 5.91 Å². The molecule has 3 heterocycles. The number of anilines is 1. The highest BCUT2D eigenvalue weighted by molar-refractivity contribution is 7.21. The zero-order valence-electron chi connectivity index (χ0n) is 11.4. The molecule has 0 aliphatic rings. The van der Waals surface area contributed by atoms with Gasteiger partial charge in [0.05, 0.1) is 5.69 Å². The molecule has 21 heavy (non-hydrogen) atoms. The summed E-state index contributed by atoms with van der Waals surface area (Å²) in [5.74, 6) is -0.138. The number of pyridine rings is 1. The number of rotatable bonds is 3. The molecule has 0 aliphatic carbocycles. The second-order valence-corrected chi connectivity index (χ2v) is 5.58. The Morgan fingerprint density at radius 1 is 1.33 bits per heavy atom. The van der Waals surface area contributed by atoms with Gasteiger partial charge in [0.15, 0.2) is 0 Å². The predicted octanol–water partition coefficient (Wildman–Crippen LogP) is 1.94. The number of amides is 1. The SMILES string of the molecule is CN(Cc1cccnc1)C(=O)c1sc2nccnc2c1N. The largest absolute Gasteiger partial charge is 0.396 e. The van der Waals surface area contributed by atoms with E-state index in [0.717, 1.165) is 5.56 Å². The number of fused-ring (bicyclic) bond motifs is 1. The fourth-order valence-corrected chi connectivity index (χ4v) is 3.03. The average molecular weight is 299 g/mol. The van der Waals surface area contributed by atoms with Crippen LogP contribution in [-0.2, 0) is 6.54 Å². The number of hydrogen-bond donors (Lipinski definition) is 1. The molecule has 0 aromatic carbocycles. The van der Waals surface area contributed by atoms with Crippen LogP contribution in [0.4, 0.5) is 5.69 Å². The lowest BCUT2D eigenvalue weighted by Gasteiger charge is -2.16. The van der Waals surface area contributed by atoms with Crippen molar-refractivity contribution < 1.29 is 4.79 Å². The molecular weight excluding hydrogens is 286 g/mol. The molecule has 0 aliphatic heterocycles. The topological polar surface area (TPSA) is 85.0 Å². The van der Waals surface area contributed by atoms with Crippen LogP contribution in [0.5, 0.6) is 0 Å². The van der Waals surface area contributed by atoms with Crippen LogP contribution in [0.15, 0.2) is 36.9 Å². The Morgan fingerprint density at radius 2 is 2.14 bits per heavy atom. The molecule has 3 rings (SSSR count). The van der Waals surface area contributed by atoms with Crippen molar-refractivity contribution >= 4 is 33.3 Å². The summed E-state index contributed by atoms with van der Waals surface area (Å²) in [6.07, 6.45) is 6.60. The van der Waals surface area contributed by atoms with Crippen LogP contribution >= 0.6 is 11.3 Å². The van der Waals surface area contributed by atoms with Crippen molar-refractivity contribution in [2.45, 2.75) is 6.54 Å². The summed E-state index contributed by atoms with van der Waals surface area (Å²) in [6.45, 7) is 0.473. The second-order valence-electron chi connectivity index (χ2n) is 4.58. The highest BCUT2D eigenvalue weighted by atomic mass is 32.1. The number of carbonyl (C=O) groups is 1. The van der Waals surface area contributed by atoms with E-state index < -0.39 is 0 Å². The summed E-state index contributed by atoms with van der Waals surface area (Å²) in [4.78, 5) is 27.7. The minimum atomic E-state index is -0.138. The first-order valence-corrected chi connectivity index (χ1v) is 7.12. The number of nitrogens with zero attached hydrogens (tertiary/aromatic N) is 4. The standard InChI is InChI=1S/C14H13N5OS/c1-19(8-9-3-2-4-16-7-9)14(20)12-10(15)11-13(21-12)18-6-5-17-11/h2-7H,8,15H2,1H3. The Kier molecular flexibility index (Phi) is 3.49. The molecule has 2 N–H and O–H groups in total. The number of carbonyl (C=O) groups excluding carboxylic acids is 1. The third-order valence-corrected chi connectivity index (χ3v) is 4.14. The number of thiophene rings is 1. The van der Waals surface area contributed by atoms with E-state index in [9.17, 15) is 4.79 Å². The van der Waals surface area contributed by atoms with Crippen LogP contribution in [0.3, 0.4) is 0 Å². The molecule has 7 heteroatoms. The zero-order valence-corrected chi connectivity index (χ0v) is 12.2. The number of nitrogens with two attached hydrogens (primary N) is 1. The lowest BCUT2D eigenvalue weighted by atomic mass is 10.2. The smallest absolute Gasteiger partial charge is 0.266 e. The van der Waals surface area contributed by atoms with Gasteiger partial charge in [-0.25, -0.2) is 9.97 Å². The molecule has 0 radical (unpaired) electrons. The van der Waals surface area contributed by atoms with Crippen LogP contribution < -0.4 is 5.73 Å². The van der Waals surface area contributed by atoms with Gasteiger partial charge in [-0.3, -0.25) is 9.78 Å². The molecule has 106 valence electrons. The first-order chi connectivity index (χ1) is 10.2. The van der Waals surface area contributed by atoms with Crippen molar-refractivity contribution in [3.63, 3.8) is 0 Å². The molecule has 0 atom stereocenters. The number of hydrogen-bond acceptors (Lipinski definition) is 6. The predicted molar refractivity (Wildman–Crippen MR) is 81.9 cm³/mol.